The number of carbonyl (C=O) groups excluding carboxylic acids is 2. The predicted octanol–water partition coefficient (Wildman–Crippen LogP) is 2.79. The van der Waals surface area contributed by atoms with Gasteiger partial charge in [-0.1, -0.05) is 49.4 Å². The van der Waals surface area contributed by atoms with Crippen LogP contribution in [0.25, 0.3) is 0 Å². The van der Waals surface area contributed by atoms with Crippen molar-refractivity contribution >= 4 is 27.5 Å². The summed E-state index contributed by atoms with van der Waals surface area (Å²) in [6.45, 7) is 5.94. The second kappa shape index (κ2) is 12.2. The highest BCUT2D eigenvalue weighted by atomic mass is 32.2. The van der Waals surface area contributed by atoms with E-state index in [1.165, 1.54) is 4.90 Å². The van der Waals surface area contributed by atoms with Gasteiger partial charge in [-0.2, -0.15) is 0 Å². The fourth-order valence-corrected chi connectivity index (χ4v) is 4.15. The van der Waals surface area contributed by atoms with E-state index < -0.39 is 28.5 Å². The highest BCUT2D eigenvalue weighted by Crippen LogP contribution is 2.30. The van der Waals surface area contributed by atoms with Gasteiger partial charge in [0.2, 0.25) is 21.8 Å². The number of benzene rings is 2. The van der Waals surface area contributed by atoms with E-state index in [2.05, 4.69) is 5.32 Å². The molecule has 1 atom stereocenters. The predicted molar refractivity (Wildman–Crippen MR) is 130 cm³/mol. The third-order valence-corrected chi connectivity index (χ3v) is 6.15. The van der Waals surface area contributed by atoms with Crippen LogP contribution in [0.4, 0.5) is 5.69 Å². The highest BCUT2D eigenvalue weighted by molar-refractivity contribution is 7.92. The zero-order chi connectivity index (χ0) is 24.4. The van der Waals surface area contributed by atoms with E-state index in [0.717, 1.165) is 22.5 Å². The fourth-order valence-electron chi connectivity index (χ4n) is 3.29. The third-order valence-electron chi connectivity index (χ3n) is 5.03. The number of sulfonamides is 1. The van der Waals surface area contributed by atoms with E-state index in [9.17, 15) is 18.0 Å². The number of para-hydroxylation sites is 2. The molecule has 2 rings (SSSR count). The van der Waals surface area contributed by atoms with Crippen molar-refractivity contribution in [3.05, 3.63) is 60.2 Å². The molecule has 0 fully saturated rings. The SMILES string of the molecule is CCCNC(=O)C(C)N(Cc1ccccc1)C(=O)CN(c1ccccc1OCC)S(C)(=O)=O. The van der Waals surface area contributed by atoms with Gasteiger partial charge in [0.05, 0.1) is 18.6 Å². The summed E-state index contributed by atoms with van der Waals surface area (Å²) in [5.74, 6) is -0.418. The Balaban J connectivity index is 2.39. The lowest BCUT2D eigenvalue weighted by Crippen LogP contribution is -2.51. The van der Waals surface area contributed by atoms with Gasteiger partial charge in [0.1, 0.15) is 18.3 Å². The van der Waals surface area contributed by atoms with Gasteiger partial charge in [-0.05, 0) is 38.0 Å². The third kappa shape index (κ3) is 7.49. The summed E-state index contributed by atoms with van der Waals surface area (Å²) in [5, 5.41) is 2.81. The number of anilines is 1. The van der Waals surface area contributed by atoms with E-state index in [1.807, 2.05) is 37.3 Å². The Kier molecular flexibility index (Phi) is 9.72. The molecule has 0 bridgehead atoms. The molecular weight excluding hydrogens is 442 g/mol. The summed E-state index contributed by atoms with van der Waals surface area (Å²) in [6, 6.07) is 15.2. The first-order chi connectivity index (χ1) is 15.7. The number of nitrogens with one attached hydrogen (secondary N) is 1. The maximum Gasteiger partial charge on any atom is 0.244 e. The van der Waals surface area contributed by atoms with Gasteiger partial charge in [0.25, 0.3) is 0 Å². The van der Waals surface area contributed by atoms with Crippen LogP contribution < -0.4 is 14.4 Å². The van der Waals surface area contributed by atoms with Crippen LogP contribution in [-0.2, 0) is 26.2 Å². The maximum atomic E-state index is 13.5. The van der Waals surface area contributed by atoms with Crippen LogP contribution in [0.5, 0.6) is 5.75 Å². The van der Waals surface area contributed by atoms with Gasteiger partial charge >= 0.3 is 0 Å². The number of carbonyl (C=O) groups is 2. The van der Waals surface area contributed by atoms with Crippen molar-refractivity contribution in [3.63, 3.8) is 0 Å². The van der Waals surface area contributed by atoms with Gasteiger partial charge in [0, 0.05) is 13.1 Å². The second-order valence-electron chi connectivity index (χ2n) is 7.64. The van der Waals surface area contributed by atoms with Crippen LogP contribution in [0.15, 0.2) is 54.6 Å². The Bertz CT molecular complexity index is 1030. The smallest absolute Gasteiger partial charge is 0.244 e. The van der Waals surface area contributed by atoms with Crippen molar-refractivity contribution < 1.29 is 22.7 Å². The molecule has 0 saturated carbocycles. The first-order valence-corrected chi connectivity index (χ1v) is 12.8. The van der Waals surface area contributed by atoms with Crippen molar-refractivity contribution in [3.8, 4) is 5.75 Å². The fraction of sp³-hybridized carbons (Fsp3) is 0.417. The van der Waals surface area contributed by atoms with Crippen molar-refractivity contribution in [1.29, 1.82) is 0 Å². The summed E-state index contributed by atoms with van der Waals surface area (Å²) in [5.41, 5.74) is 1.11. The zero-order valence-corrected chi connectivity index (χ0v) is 20.5. The first kappa shape index (κ1) is 26.2. The largest absolute Gasteiger partial charge is 0.492 e. The molecule has 1 unspecified atom stereocenters. The molecule has 0 aliphatic heterocycles. The molecule has 9 heteroatoms. The number of amides is 2. The minimum Gasteiger partial charge on any atom is -0.492 e. The zero-order valence-electron chi connectivity index (χ0n) is 19.7. The van der Waals surface area contributed by atoms with Gasteiger partial charge in [-0.3, -0.25) is 13.9 Å². The number of rotatable bonds is 12. The Morgan fingerprint density at radius 3 is 2.27 bits per heavy atom. The van der Waals surface area contributed by atoms with Gasteiger partial charge in [-0.25, -0.2) is 8.42 Å². The molecule has 0 aliphatic rings. The quantitative estimate of drug-likeness (QED) is 0.509. The van der Waals surface area contributed by atoms with Crippen LogP contribution in [0.3, 0.4) is 0 Å². The lowest BCUT2D eigenvalue weighted by atomic mass is 10.1. The minimum absolute atomic E-state index is 0.172. The molecule has 0 saturated heterocycles. The van der Waals surface area contributed by atoms with Crippen molar-refractivity contribution in [2.75, 3.05) is 30.3 Å². The lowest BCUT2D eigenvalue weighted by molar-refractivity contribution is -0.139. The molecule has 1 N–H and O–H groups in total. The Labute approximate surface area is 196 Å². The number of hydrogen-bond acceptors (Lipinski definition) is 5. The van der Waals surface area contributed by atoms with Gasteiger partial charge < -0.3 is 15.0 Å². The molecule has 2 aromatic carbocycles. The van der Waals surface area contributed by atoms with Crippen molar-refractivity contribution in [2.45, 2.75) is 39.8 Å². The Morgan fingerprint density at radius 2 is 1.67 bits per heavy atom. The van der Waals surface area contributed by atoms with E-state index in [0.29, 0.717) is 18.9 Å². The summed E-state index contributed by atoms with van der Waals surface area (Å²) in [6.07, 6.45) is 1.81. The maximum absolute atomic E-state index is 13.5. The van der Waals surface area contributed by atoms with Gasteiger partial charge in [-0.15, -0.1) is 0 Å². The Hall–Kier alpha value is -3.07. The second-order valence-corrected chi connectivity index (χ2v) is 9.55. The molecule has 0 aliphatic carbocycles. The summed E-state index contributed by atoms with van der Waals surface area (Å²) in [4.78, 5) is 27.5. The molecule has 8 nitrogen and oxygen atoms in total. The molecule has 180 valence electrons. The average molecular weight is 476 g/mol. The average Bonchev–Trinajstić information content (AvgIpc) is 2.79. The first-order valence-electron chi connectivity index (χ1n) is 11.0. The molecular formula is C24H33N3O5S. The number of nitrogens with zero attached hydrogens (tertiary/aromatic N) is 2. The van der Waals surface area contributed by atoms with Crippen molar-refractivity contribution in [2.24, 2.45) is 0 Å². The van der Waals surface area contributed by atoms with Crippen LogP contribution in [0.2, 0.25) is 0 Å². The molecule has 0 radical (unpaired) electrons. The molecule has 0 spiro atoms. The molecule has 2 amide bonds. The summed E-state index contributed by atoms with van der Waals surface area (Å²) >= 11 is 0. The number of ether oxygens (including phenoxy) is 1. The van der Waals surface area contributed by atoms with Gasteiger partial charge in [0.15, 0.2) is 0 Å². The van der Waals surface area contributed by atoms with E-state index in [4.69, 9.17) is 4.74 Å². The molecule has 33 heavy (non-hydrogen) atoms. The molecule has 2 aromatic rings. The summed E-state index contributed by atoms with van der Waals surface area (Å²) in [7, 11) is -3.82. The standard InChI is InChI=1S/C24H33N3O5S/c1-5-16-25-24(29)19(3)26(17-20-12-8-7-9-13-20)23(28)18-27(33(4,30)31)21-14-10-11-15-22(21)32-6-2/h7-15,19H,5-6,16-18H2,1-4H3,(H,25,29). The van der Waals surface area contributed by atoms with Crippen LogP contribution in [0, 0.1) is 0 Å². The van der Waals surface area contributed by atoms with Crippen LogP contribution in [-0.4, -0.2) is 57.1 Å². The topological polar surface area (TPSA) is 96.0 Å². The highest BCUT2D eigenvalue weighted by Gasteiger charge is 2.31. The van der Waals surface area contributed by atoms with E-state index in [-0.39, 0.29) is 18.1 Å². The van der Waals surface area contributed by atoms with Crippen molar-refractivity contribution in [1.82, 2.24) is 10.2 Å². The monoisotopic (exact) mass is 475 g/mol. The van der Waals surface area contributed by atoms with E-state index >= 15 is 0 Å². The molecule has 0 heterocycles. The lowest BCUT2D eigenvalue weighted by Gasteiger charge is -2.31. The van der Waals surface area contributed by atoms with Crippen LogP contribution in [0.1, 0.15) is 32.8 Å². The Morgan fingerprint density at radius 1 is 1.03 bits per heavy atom. The van der Waals surface area contributed by atoms with E-state index in [1.54, 1.807) is 38.1 Å². The minimum atomic E-state index is -3.82. The number of hydrogen-bond donors (Lipinski definition) is 1. The summed E-state index contributed by atoms with van der Waals surface area (Å²) < 4.78 is 31.9. The molecule has 0 aromatic heterocycles. The van der Waals surface area contributed by atoms with Crippen LogP contribution >= 0.6 is 0 Å². The normalized spacial score (nSPS) is 12.0.